The van der Waals surface area contributed by atoms with Gasteiger partial charge in [0.1, 0.15) is 42.7 Å². The molecule has 2 aliphatic heterocycles. The van der Waals surface area contributed by atoms with Crippen LogP contribution in [-0.4, -0.2) is 98.4 Å². The van der Waals surface area contributed by atoms with Crippen molar-refractivity contribution in [1.82, 2.24) is 29.1 Å². The lowest BCUT2D eigenvalue weighted by molar-refractivity contribution is -0.0580. The maximum absolute atomic E-state index is 13.8. The first-order chi connectivity index (χ1) is 23.3. The van der Waals surface area contributed by atoms with Crippen LogP contribution in [0.5, 0.6) is 0 Å². The van der Waals surface area contributed by atoms with Gasteiger partial charge in [-0.3, -0.25) is 46.1 Å². The fraction of sp³-hybridized carbons (Fsp3) is 0.640. The zero-order valence-electron chi connectivity index (χ0n) is 26.6. The van der Waals surface area contributed by atoms with Crippen LogP contribution in [0, 0.1) is 6.92 Å². The minimum absolute atomic E-state index is 0.00685. The fourth-order valence-corrected chi connectivity index (χ4v) is 7.63. The van der Waals surface area contributed by atoms with Gasteiger partial charge in [0.15, 0.2) is 11.2 Å². The summed E-state index contributed by atoms with van der Waals surface area (Å²) < 4.78 is 74.6. The topological polar surface area (TPSA) is 279 Å². The van der Waals surface area contributed by atoms with Gasteiger partial charge in [-0.1, -0.05) is 0 Å². The first kappa shape index (κ1) is 37.5. The molecule has 4 unspecified atom stereocenters. The molecule has 0 amide bonds. The molecule has 21 nitrogen and oxygen atoms in total. The van der Waals surface area contributed by atoms with Gasteiger partial charge in [0.2, 0.25) is 5.95 Å². The smallest absolute Gasteiger partial charge is 0.394 e. The number of nitrogens with two attached hydrogens (primary N) is 2. The molecule has 49 heavy (non-hydrogen) atoms. The van der Waals surface area contributed by atoms with Crippen LogP contribution in [0.4, 0.5) is 11.8 Å². The van der Waals surface area contributed by atoms with Crippen molar-refractivity contribution in [2.24, 2.45) is 0 Å². The van der Waals surface area contributed by atoms with E-state index >= 15 is 0 Å². The predicted octanol–water partition coefficient (Wildman–Crippen LogP) is 1.05. The van der Waals surface area contributed by atoms with Gasteiger partial charge in [0.25, 0.3) is 5.56 Å². The zero-order valence-corrected chi connectivity index (χ0v) is 29.3. The van der Waals surface area contributed by atoms with Gasteiger partial charge < -0.3 is 26.0 Å². The molecule has 272 valence electrons. The molecule has 0 radical (unpaired) electrons. The van der Waals surface area contributed by atoms with Gasteiger partial charge in [-0.25, -0.2) is 18.9 Å². The van der Waals surface area contributed by atoms with E-state index in [4.69, 9.17) is 48.1 Å². The number of aliphatic hydroxyl groups is 1. The van der Waals surface area contributed by atoms with E-state index < -0.39 is 77.0 Å². The fourth-order valence-electron chi connectivity index (χ4n) is 5.21. The second kappa shape index (κ2) is 15.7. The number of hydrogen-bond acceptors (Lipinski definition) is 19. The van der Waals surface area contributed by atoms with Crippen molar-refractivity contribution in [2.75, 3.05) is 51.3 Å². The number of aromatic amines is 1. The second-order valence-corrected chi connectivity index (χ2v) is 14.8. The van der Waals surface area contributed by atoms with Gasteiger partial charge in [-0.05, 0) is 19.1 Å². The number of rotatable bonds is 16. The first-order valence-electron chi connectivity index (χ1n) is 14.9. The molecular weight excluding hydrogens is 714 g/mol. The highest BCUT2D eigenvalue weighted by atomic mass is 32.1. The van der Waals surface area contributed by atoms with Crippen LogP contribution in [0.2, 0.25) is 0 Å². The summed E-state index contributed by atoms with van der Waals surface area (Å²) in [5.41, 5.74) is 10.8. The van der Waals surface area contributed by atoms with Gasteiger partial charge >= 0.3 is 21.3 Å². The van der Waals surface area contributed by atoms with Crippen molar-refractivity contribution in [3.8, 4) is 0 Å². The number of phosphoric ester groups is 2. The first-order valence-corrected chi connectivity index (χ1v) is 18.5. The number of ether oxygens (including phenoxy) is 2. The molecule has 3 aromatic rings. The Kier molecular flexibility index (Phi) is 12.0. The van der Waals surface area contributed by atoms with Crippen LogP contribution in [0.15, 0.2) is 22.1 Å². The van der Waals surface area contributed by atoms with Crippen molar-refractivity contribution in [3.05, 3.63) is 38.9 Å². The minimum atomic E-state index is -4.42. The highest BCUT2D eigenvalue weighted by Crippen LogP contribution is 2.55. The van der Waals surface area contributed by atoms with Crippen LogP contribution in [0.25, 0.3) is 11.2 Å². The number of nitrogen functional groups attached to an aromatic ring is 2. The average molecular weight is 753 g/mol. The quantitative estimate of drug-likeness (QED) is 0.0776. The Morgan fingerprint density at radius 1 is 1.02 bits per heavy atom. The number of fused-ring (bicyclic) bond motifs is 1. The molecule has 0 bridgehead atoms. The average Bonchev–Trinajstić information content (AvgIpc) is 3.78. The standard InChI is InChI=1S/C25H38N8O13P2S/c1-13-9-32(25(36)29-21(13)26)18-7-14(16(10-34)43-18)45-48(38,40-3)42-11-17-15(46-47(37,39-2)41-5-4-6-49)8-19(44-17)33-12-28-20-22(33)30-24(27)31-23(20)35/h9,12,14-19,34,49H,4-8,10-11H2,1-3H3,(H2,26,29,36)(H3,27,30,31,35)/t14?,15?,16-,17-,18-,19-,47?,48?/m1/s1. The number of aryl methyl sites for hydroxylation is 1. The summed E-state index contributed by atoms with van der Waals surface area (Å²) in [7, 11) is -6.32. The van der Waals surface area contributed by atoms with Crippen molar-refractivity contribution in [3.63, 3.8) is 0 Å². The van der Waals surface area contributed by atoms with Gasteiger partial charge in [-0.15, -0.1) is 0 Å². The van der Waals surface area contributed by atoms with E-state index in [9.17, 15) is 23.8 Å². The molecule has 24 heteroatoms. The summed E-state index contributed by atoms with van der Waals surface area (Å²) in [5, 5.41) is 9.98. The van der Waals surface area contributed by atoms with Gasteiger partial charge in [-0.2, -0.15) is 22.6 Å². The summed E-state index contributed by atoms with van der Waals surface area (Å²) in [6.07, 6.45) is -2.92. The lowest BCUT2D eigenvalue weighted by atomic mass is 10.2. The normalized spacial score (nSPS) is 26.6. The third-order valence-corrected chi connectivity index (χ3v) is 10.9. The lowest BCUT2D eigenvalue weighted by Crippen LogP contribution is -2.30. The molecule has 0 aliphatic carbocycles. The van der Waals surface area contributed by atoms with E-state index in [1.165, 1.54) is 21.7 Å². The van der Waals surface area contributed by atoms with Crippen LogP contribution in [0.3, 0.4) is 0 Å². The summed E-state index contributed by atoms with van der Waals surface area (Å²) in [6.45, 7) is 0.623. The SMILES string of the molecule is COP(=O)(OC[C@H]1O[C@@H](n2cnc3c(=O)[nH]c(N)nc32)CC1OP(=O)(OC)OCCCS)OC1C[C@H](n2cc(C)c(N)nc2=O)O[C@@H]1CO. The Labute approximate surface area is 284 Å². The van der Waals surface area contributed by atoms with E-state index in [1.54, 1.807) is 6.92 Å². The van der Waals surface area contributed by atoms with Crippen LogP contribution < -0.4 is 22.7 Å². The van der Waals surface area contributed by atoms with E-state index in [0.29, 0.717) is 17.7 Å². The highest BCUT2D eigenvalue weighted by molar-refractivity contribution is 7.80. The Bertz CT molecular complexity index is 1840. The second-order valence-electron chi connectivity index (χ2n) is 10.9. The lowest BCUT2D eigenvalue weighted by Gasteiger charge is -2.26. The number of thiol groups is 1. The van der Waals surface area contributed by atoms with Crippen LogP contribution >= 0.6 is 28.3 Å². The van der Waals surface area contributed by atoms with Crippen LogP contribution in [0.1, 0.15) is 37.3 Å². The van der Waals surface area contributed by atoms with Gasteiger partial charge in [0.05, 0.1) is 26.1 Å². The molecule has 8 atom stereocenters. The monoisotopic (exact) mass is 752 g/mol. The molecule has 6 N–H and O–H groups in total. The molecule has 0 spiro atoms. The van der Waals surface area contributed by atoms with Crippen molar-refractivity contribution in [1.29, 1.82) is 0 Å². The Hall–Kier alpha value is -2.72. The number of aromatic nitrogens is 6. The molecule has 0 aromatic carbocycles. The molecule has 5 rings (SSSR count). The third kappa shape index (κ3) is 8.43. The summed E-state index contributed by atoms with van der Waals surface area (Å²) >= 11 is 4.12. The number of H-pyrrole nitrogens is 1. The van der Waals surface area contributed by atoms with Gasteiger partial charge in [0, 0.05) is 38.8 Å². The summed E-state index contributed by atoms with van der Waals surface area (Å²) in [5.74, 6) is 0.362. The molecular formula is C25H38N8O13P2S. The number of phosphoric acid groups is 2. The molecule has 2 fully saturated rings. The maximum Gasteiger partial charge on any atom is 0.474 e. The number of imidazole rings is 1. The number of aliphatic hydroxyl groups excluding tert-OH is 1. The van der Waals surface area contributed by atoms with E-state index in [0.717, 1.165) is 14.2 Å². The van der Waals surface area contributed by atoms with Crippen molar-refractivity contribution in [2.45, 2.75) is 63.1 Å². The third-order valence-electron chi connectivity index (χ3n) is 7.71. The Morgan fingerprint density at radius 2 is 1.65 bits per heavy atom. The van der Waals surface area contributed by atoms with Crippen molar-refractivity contribution < 1.29 is 50.9 Å². The minimum Gasteiger partial charge on any atom is -0.394 e. The maximum atomic E-state index is 13.8. The zero-order chi connectivity index (χ0) is 35.5. The number of nitrogens with one attached hydrogen (secondary N) is 1. The number of nitrogens with zero attached hydrogens (tertiary/aromatic N) is 5. The molecule has 0 saturated carbocycles. The summed E-state index contributed by atoms with van der Waals surface area (Å²) in [4.78, 5) is 39.2. The molecule has 2 saturated heterocycles. The van der Waals surface area contributed by atoms with E-state index in [1.807, 2.05) is 0 Å². The van der Waals surface area contributed by atoms with Crippen molar-refractivity contribution >= 4 is 51.2 Å². The molecule has 2 aliphatic rings. The Morgan fingerprint density at radius 3 is 2.31 bits per heavy atom. The highest BCUT2D eigenvalue weighted by Gasteiger charge is 2.46. The van der Waals surface area contributed by atoms with Crippen LogP contribution in [-0.2, 0) is 45.7 Å². The molecule has 5 heterocycles. The largest absolute Gasteiger partial charge is 0.474 e. The number of hydrogen-bond donors (Lipinski definition) is 5. The van der Waals surface area contributed by atoms with E-state index in [2.05, 4.69) is 32.6 Å². The molecule has 3 aromatic heterocycles. The van der Waals surface area contributed by atoms with E-state index in [-0.39, 0.29) is 42.4 Å². The Balaban J connectivity index is 1.35. The summed E-state index contributed by atoms with van der Waals surface area (Å²) in [6, 6.07) is 0. The predicted molar refractivity (Wildman–Crippen MR) is 174 cm³/mol. The number of anilines is 2.